The minimum atomic E-state index is -0.0447. The highest BCUT2D eigenvalue weighted by Crippen LogP contribution is 2.22. The van der Waals surface area contributed by atoms with E-state index in [9.17, 15) is 4.79 Å². The van der Waals surface area contributed by atoms with Crippen molar-refractivity contribution in [3.63, 3.8) is 0 Å². The minimum Gasteiger partial charge on any atom is -0.371 e. The van der Waals surface area contributed by atoms with E-state index in [0.717, 1.165) is 19.3 Å². The Kier molecular flexibility index (Phi) is 5.33. The first-order chi connectivity index (χ1) is 10.0. The van der Waals surface area contributed by atoms with Crippen LogP contribution in [0.5, 0.6) is 0 Å². The van der Waals surface area contributed by atoms with Crippen molar-refractivity contribution in [1.29, 1.82) is 0 Å². The molecule has 0 aliphatic carbocycles. The topological polar surface area (TPSA) is 71.1 Å². The van der Waals surface area contributed by atoms with Gasteiger partial charge in [0, 0.05) is 13.1 Å². The maximum Gasteiger partial charge on any atom is 0.276 e. The summed E-state index contributed by atoms with van der Waals surface area (Å²) in [7, 11) is 0. The molecule has 2 atom stereocenters. The number of H-pyrrole nitrogens is 1. The van der Waals surface area contributed by atoms with Crippen LogP contribution in [0.3, 0.4) is 0 Å². The van der Waals surface area contributed by atoms with E-state index >= 15 is 0 Å². The van der Waals surface area contributed by atoms with Crippen molar-refractivity contribution in [3.8, 4) is 0 Å². The van der Waals surface area contributed by atoms with Crippen molar-refractivity contribution >= 4 is 5.91 Å². The predicted octanol–water partition coefficient (Wildman–Crippen LogP) is 2.17. The second-order valence-electron chi connectivity index (χ2n) is 6.15. The summed E-state index contributed by atoms with van der Waals surface area (Å²) in [5.41, 5.74) is 1.08. The Labute approximate surface area is 126 Å². The zero-order valence-electron chi connectivity index (χ0n) is 13.4. The molecular weight excluding hydrogens is 268 g/mol. The highest BCUT2D eigenvalue weighted by molar-refractivity contribution is 5.93. The summed E-state index contributed by atoms with van der Waals surface area (Å²) in [6.45, 7) is 9.52. The van der Waals surface area contributed by atoms with Crippen LogP contribution in [0.4, 0.5) is 0 Å². The first-order valence-electron chi connectivity index (χ1n) is 7.85. The number of ether oxygens (including phenoxy) is 1. The summed E-state index contributed by atoms with van der Waals surface area (Å²) in [4.78, 5) is 14.5. The number of nitrogens with zero attached hydrogens (tertiary/aromatic N) is 3. The molecule has 1 fully saturated rings. The lowest BCUT2D eigenvalue weighted by molar-refractivity contribution is -0.0963. The normalized spacial score (nSPS) is 22.8. The van der Waals surface area contributed by atoms with Crippen LogP contribution in [0.25, 0.3) is 0 Å². The van der Waals surface area contributed by atoms with E-state index in [2.05, 4.69) is 36.2 Å². The first-order valence-corrected chi connectivity index (χ1v) is 7.85. The molecule has 118 valence electrons. The quantitative estimate of drug-likeness (QED) is 0.903. The molecule has 0 unspecified atom stereocenters. The number of aromatic amines is 1. The zero-order chi connectivity index (χ0) is 15.4. The predicted molar refractivity (Wildman–Crippen MR) is 80.0 cm³/mol. The Morgan fingerprint density at radius 2 is 2.19 bits per heavy atom. The molecule has 1 aromatic heterocycles. The largest absolute Gasteiger partial charge is 0.371 e. The molecule has 0 aromatic carbocycles. The van der Waals surface area contributed by atoms with Gasteiger partial charge in [0.25, 0.3) is 5.91 Å². The van der Waals surface area contributed by atoms with Crippen LogP contribution in [0.2, 0.25) is 0 Å². The second kappa shape index (κ2) is 7.02. The molecule has 0 bridgehead atoms. The zero-order valence-corrected chi connectivity index (χ0v) is 13.4. The van der Waals surface area contributed by atoms with Crippen LogP contribution >= 0.6 is 0 Å². The number of carbonyl (C=O) groups excluding carboxylic acids is 1. The van der Waals surface area contributed by atoms with Crippen LogP contribution < -0.4 is 0 Å². The third-order valence-electron chi connectivity index (χ3n) is 4.03. The summed E-state index contributed by atoms with van der Waals surface area (Å²) >= 11 is 0. The molecule has 2 rings (SSSR count). The molecule has 0 radical (unpaired) electrons. The van der Waals surface area contributed by atoms with Crippen molar-refractivity contribution in [3.05, 3.63) is 11.4 Å². The van der Waals surface area contributed by atoms with Gasteiger partial charge in [-0.15, -0.1) is 0 Å². The van der Waals surface area contributed by atoms with E-state index in [1.54, 1.807) is 6.92 Å². The standard InChI is InChI=1S/C15H26N4O2/c1-5-6-7-12-8-19(9-13(21-12)10(2)3)15(20)14-11(4)16-18-17-14/h10,12-13H,5-9H2,1-4H3,(H,16,17,18)/t12-,13-/m1/s1. The SMILES string of the molecule is CCCC[C@@H]1CN(C(=O)c2n[nH]nc2C)C[C@H](C(C)C)O1. The number of aryl methyl sites for hydroxylation is 1. The lowest BCUT2D eigenvalue weighted by Crippen LogP contribution is -2.51. The average Bonchev–Trinajstić information content (AvgIpc) is 2.90. The number of unbranched alkanes of at least 4 members (excludes halogenated alkanes) is 1. The van der Waals surface area contributed by atoms with E-state index in [1.165, 1.54) is 0 Å². The highest BCUT2D eigenvalue weighted by atomic mass is 16.5. The number of nitrogens with one attached hydrogen (secondary N) is 1. The molecule has 2 heterocycles. The Morgan fingerprint density at radius 3 is 2.76 bits per heavy atom. The van der Waals surface area contributed by atoms with Gasteiger partial charge in [0.05, 0.1) is 17.9 Å². The third-order valence-corrected chi connectivity index (χ3v) is 4.03. The van der Waals surface area contributed by atoms with Crippen LogP contribution in [-0.2, 0) is 4.74 Å². The van der Waals surface area contributed by atoms with Gasteiger partial charge in [0.1, 0.15) is 0 Å². The van der Waals surface area contributed by atoms with Gasteiger partial charge in [-0.05, 0) is 19.3 Å². The van der Waals surface area contributed by atoms with E-state index in [1.807, 2.05) is 4.90 Å². The van der Waals surface area contributed by atoms with Gasteiger partial charge in [-0.2, -0.15) is 15.4 Å². The van der Waals surface area contributed by atoms with Crippen molar-refractivity contribution in [2.75, 3.05) is 13.1 Å². The molecule has 21 heavy (non-hydrogen) atoms. The van der Waals surface area contributed by atoms with Gasteiger partial charge in [-0.1, -0.05) is 33.6 Å². The Hall–Kier alpha value is -1.43. The highest BCUT2D eigenvalue weighted by Gasteiger charge is 2.33. The summed E-state index contributed by atoms with van der Waals surface area (Å²) < 4.78 is 6.14. The molecule has 0 saturated carbocycles. The van der Waals surface area contributed by atoms with Gasteiger partial charge >= 0.3 is 0 Å². The third kappa shape index (κ3) is 3.81. The fourth-order valence-electron chi connectivity index (χ4n) is 2.63. The molecule has 1 saturated heterocycles. The lowest BCUT2D eigenvalue weighted by atomic mass is 10.0. The number of amides is 1. The molecule has 1 aliphatic rings. The number of rotatable bonds is 5. The molecule has 6 heteroatoms. The Balaban J connectivity index is 2.10. The lowest BCUT2D eigenvalue weighted by Gasteiger charge is -2.39. The van der Waals surface area contributed by atoms with Crippen LogP contribution in [-0.4, -0.2) is 51.5 Å². The fraction of sp³-hybridized carbons (Fsp3) is 0.800. The summed E-state index contributed by atoms with van der Waals surface area (Å²) in [5, 5.41) is 10.4. The van der Waals surface area contributed by atoms with E-state index < -0.39 is 0 Å². The van der Waals surface area contributed by atoms with Gasteiger partial charge in [-0.25, -0.2) is 0 Å². The van der Waals surface area contributed by atoms with Gasteiger partial charge < -0.3 is 9.64 Å². The number of hydrogen-bond acceptors (Lipinski definition) is 4. The number of aromatic nitrogens is 3. The van der Waals surface area contributed by atoms with Crippen molar-refractivity contribution in [1.82, 2.24) is 20.3 Å². The van der Waals surface area contributed by atoms with E-state index in [0.29, 0.717) is 30.4 Å². The van der Waals surface area contributed by atoms with Crippen LogP contribution in [0.1, 0.15) is 56.2 Å². The molecule has 1 amide bonds. The molecule has 1 aromatic rings. The van der Waals surface area contributed by atoms with Crippen LogP contribution in [0.15, 0.2) is 0 Å². The first kappa shape index (κ1) is 15.9. The molecular formula is C15H26N4O2. The van der Waals surface area contributed by atoms with Gasteiger partial charge in [-0.3, -0.25) is 4.79 Å². The van der Waals surface area contributed by atoms with Crippen molar-refractivity contribution < 1.29 is 9.53 Å². The van der Waals surface area contributed by atoms with E-state index in [4.69, 9.17) is 4.74 Å². The molecule has 0 spiro atoms. The summed E-state index contributed by atoms with van der Waals surface area (Å²) in [6.07, 6.45) is 3.49. The Bertz CT molecular complexity index is 472. The monoisotopic (exact) mass is 294 g/mol. The fourth-order valence-corrected chi connectivity index (χ4v) is 2.63. The summed E-state index contributed by atoms with van der Waals surface area (Å²) in [5.74, 6) is 0.347. The number of hydrogen-bond donors (Lipinski definition) is 1. The maximum absolute atomic E-state index is 12.6. The molecule has 1 aliphatic heterocycles. The van der Waals surface area contributed by atoms with Crippen LogP contribution in [0, 0.1) is 12.8 Å². The van der Waals surface area contributed by atoms with Crippen molar-refractivity contribution in [2.24, 2.45) is 5.92 Å². The van der Waals surface area contributed by atoms with E-state index in [-0.39, 0.29) is 18.1 Å². The second-order valence-corrected chi connectivity index (χ2v) is 6.15. The number of carbonyl (C=O) groups is 1. The van der Waals surface area contributed by atoms with Gasteiger partial charge in [0.15, 0.2) is 5.69 Å². The number of morpholine rings is 1. The average molecular weight is 294 g/mol. The minimum absolute atomic E-state index is 0.0447. The molecule has 6 nitrogen and oxygen atoms in total. The van der Waals surface area contributed by atoms with Crippen molar-refractivity contribution in [2.45, 2.75) is 59.2 Å². The molecule has 1 N–H and O–H groups in total. The smallest absolute Gasteiger partial charge is 0.276 e. The maximum atomic E-state index is 12.6. The summed E-state index contributed by atoms with van der Waals surface area (Å²) in [6, 6.07) is 0. The van der Waals surface area contributed by atoms with Gasteiger partial charge in [0.2, 0.25) is 0 Å². The Morgan fingerprint density at radius 1 is 1.43 bits per heavy atom.